The van der Waals surface area contributed by atoms with Crippen LogP contribution in [0.15, 0.2) is 53.6 Å². The van der Waals surface area contributed by atoms with Gasteiger partial charge in [-0.25, -0.2) is 9.59 Å². The van der Waals surface area contributed by atoms with Gasteiger partial charge in [-0.05, 0) is 54.1 Å². The largest absolute Gasteiger partial charge is 0.497 e. The number of carbonyl (C=O) groups is 2. The number of carbonyl (C=O) groups excluding carboxylic acids is 2. The molecule has 1 saturated heterocycles. The van der Waals surface area contributed by atoms with Gasteiger partial charge < -0.3 is 18.9 Å². The van der Waals surface area contributed by atoms with Crippen LogP contribution in [0.2, 0.25) is 0 Å². The summed E-state index contributed by atoms with van der Waals surface area (Å²) in [6.07, 6.45) is -0.236. The van der Waals surface area contributed by atoms with Crippen molar-refractivity contribution in [1.29, 1.82) is 0 Å². The van der Waals surface area contributed by atoms with E-state index >= 15 is 0 Å². The van der Waals surface area contributed by atoms with Crippen LogP contribution in [-0.4, -0.2) is 49.5 Å². The van der Waals surface area contributed by atoms with Gasteiger partial charge in [0.25, 0.3) is 0 Å². The molecule has 10 heteroatoms. The third kappa shape index (κ3) is 5.84. The van der Waals surface area contributed by atoms with Crippen LogP contribution in [-0.2, 0) is 9.47 Å². The molecule has 0 unspecified atom stereocenters. The Kier molecular flexibility index (Phi) is 7.64. The van der Waals surface area contributed by atoms with Gasteiger partial charge in [0.05, 0.1) is 36.0 Å². The normalized spacial score (nSPS) is 19.7. The van der Waals surface area contributed by atoms with E-state index in [0.717, 1.165) is 0 Å². The molecule has 31 heavy (non-hydrogen) atoms. The van der Waals surface area contributed by atoms with Crippen LogP contribution in [0.1, 0.15) is 27.1 Å². The SMILES string of the molecule is COc1ccc(C(=O)OC[C@H]2S[C@@H](N=[N+]=[N-])C[C@@H]2OC(=O)c2ccc(OC)cc2)cc1. The highest BCUT2D eigenvalue weighted by atomic mass is 32.2. The quantitative estimate of drug-likeness (QED) is 0.259. The molecule has 162 valence electrons. The van der Waals surface area contributed by atoms with Crippen LogP contribution in [0.4, 0.5) is 0 Å². The molecule has 0 aromatic heterocycles. The lowest BCUT2D eigenvalue weighted by Crippen LogP contribution is -2.29. The molecular weight excluding hydrogens is 422 g/mol. The molecule has 1 heterocycles. The number of methoxy groups -OCH3 is 2. The number of thioether (sulfide) groups is 1. The van der Waals surface area contributed by atoms with Crippen LogP contribution in [0.25, 0.3) is 10.4 Å². The van der Waals surface area contributed by atoms with E-state index in [1.165, 1.54) is 26.0 Å². The first-order valence-corrected chi connectivity index (χ1v) is 10.3. The molecule has 1 fully saturated rings. The third-order valence-electron chi connectivity index (χ3n) is 4.65. The Morgan fingerprint density at radius 1 is 1.00 bits per heavy atom. The summed E-state index contributed by atoms with van der Waals surface area (Å²) in [5, 5.41) is 2.94. The summed E-state index contributed by atoms with van der Waals surface area (Å²) < 4.78 is 21.2. The van der Waals surface area contributed by atoms with E-state index in [0.29, 0.717) is 29.0 Å². The van der Waals surface area contributed by atoms with Gasteiger partial charge in [0, 0.05) is 11.3 Å². The van der Waals surface area contributed by atoms with E-state index in [-0.39, 0.29) is 11.9 Å². The third-order valence-corrected chi connectivity index (χ3v) is 6.04. The molecule has 0 bridgehead atoms. The summed E-state index contributed by atoms with van der Waals surface area (Å²) in [6.45, 7) is 0.00748. The van der Waals surface area contributed by atoms with Gasteiger partial charge in [-0.2, -0.15) is 0 Å². The van der Waals surface area contributed by atoms with Gasteiger partial charge >= 0.3 is 11.9 Å². The Hall–Kier alpha value is -3.36. The van der Waals surface area contributed by atoms with Crippen molar-refractivity contribution in [2.75, 3.05) is 20.8 Å². The van der Waals surface area contributed by atoms with E-state index in [9.17, 15) is 9.59 Å². The zero-order valence-corrected chi connectivity index (χ0v) is 17.8. The highest BCUT2D eigenvalue weighted by Crippen LogP contribution is 2.37. The van der Waals surface area contributed by atoms with E-state index in [1.54, 1.807) is 48.5 Å². The standard InChI is InChI=1S/C21H21N3O6S/c1-27-15-7-3-13(4-8-15)20(25)29-12-18-17(11-19(31-18)23-24-22)30-21(26)14-5-9-16(28-2)10-6-14/h3-10,17-19H,11-12H2,1-2H3/t17-,18+,19+/m0/s1. The number of esters is 2. The molecule has 2 aromatic carbocycles. The van der Waals surface area contributed by atoms with Crippen LogP contribution < -0.4 is 9.47 Å². The number of nitrogens with zero attached hydrogens (tertiary/aromatic N) is 3. The minimum absolute atomic E-state index is 0.00748. The van der Waals surface area contributed by atoms with Crippen molar-refractivity contribution in [1.82, 2.24) is 0 Å². The topological polar surface area (TPSA) is 120 Å². The van der Waals surface area contributed by atoms with Gasteiger partial charge in [-0.3, -0.25) is 0 Å². The predicted molar refractivity (Wildman–Crippen MR) is 114 cm³/mol. The Morgan fingerprint density at radius 3 is 2.06 bits per heavy atom. The van der Waals surface area contributed by atoms with Crippen molar-refractivity contribution in [3.8, 4) is 11.5 Å². The molecule has 2 aromatic rings. The fraction of sp³-hybridized carbons (Fsp3) is 0.333. The number of benzene rings is 2. The predicted octanol–water partition coefficient (Wildman–Crippen LogP) is 4.23. The van der Waals surface area contributed by atoms with E-state index in [1.807, 2.05) is 0 Å². The first-order valence-electron chi connectivity index (χ1n) is 9.40. The summed E-state index contributed by atoms with van der Waals surface area (Å²) in [7, 11) is 3.08. The van der Waals surface area contributed by atoms with E-state index in [4.69, 9.17) is 24.5 Å². The summed E-state index contributed by atoms with van der Waals surface area (Å²) in [6, 6.07) is 13.1. The van der Waals surface area contributed by atoms with Crippen molar-refractivity contribution in [3.63, 3.8) is 0 Å². The summed E-state index contributed by atoms with van der Waals surface area (Å²) in [5.74, 6) is 0.238. The average molecular weight is 443 g/mol. The van der Waals surface area contributed by atoms with Crippen molar-refractivity contribution in [3.05, 3.63) is 70.1 Å². The summed E-state index contributed by atoms with van der Waals surface area (Å²) in [5.41, 5.74) is 9.49. The fourth-order valence-corrected chi connectivity index (χ4v) is 4.29. The number of azide groups is 1. The highest BCUT2D eigenvalue weighted by Gasteiger charge is 2.38. The summed E-state index contributed by atoms with van der Waals surface area (Å²) >= 11 is 1.31. The molecule has 3 atom stereocenters. The Bertz CT molecular complexity index is 960. The van der Waals surface area contributed by atoms with Gasteiger partial charge in [-0.1, -0.05) is 5.11 Å². The number of ether oxygens (including phenoxy) is 4. The molecule has 0 aliphatic carbocycles. The molecular formula is C21H21N3O6S. The second-order valence-corrected chi connectivity index (χ2v) is 7.99. The zero-order chi connectivity index (χ0) is 22.2. The van der Waals surface area contributed by atoms with Gasteiger partial charge in [0.1, 0.15) is 24.2 Å². The second kappa shape index (κ2) is 10.6. The van der Waals surface area contributed by atoms with Gasteiger partial charge in [0.2, 0.25) is 0 Å². The van der Waals surface area contributed by atoms with Crippen LogP contribution in [0, 0.1) is 0 Å². The lowest BCUT2D eigenvalue weighted by Gasteiger charge is -2.19. The molecule has 0 spiro atoms. The maximum atomic E-state index is 12.5. The minimum atomic E-state index is -0.571. The number of hydrogen-bond acceptors (Lipinski definition) is 8. The average Bonchev–Trinajstić information content (AvgIpc) is 3.18. The van der Waals surface area contributed by atoms with Crippen molar-refractivity contribution >= 4 is 23.7 Å². The first kappa shape index (κ1) is 22.3. The number of hydrogen-bond donors (Lipinski definition) is 0. The van der Waals surface area contributed by atoms with Gasteiger partial charge in [-0.15, -0.1) is 11.8 Å². The van der Waals surface area contributed by atoms with Crippen molar-refractivity contribution in [2.45, 2.75) is 23.1 Å². The smallest absolute Gasteiger partial charge is 0.338 e. The lowest BCUT2D eigenvalue weighted by molar-refractivity contribution is 0.0213. The zero-order valence-electron chi connectivity index (χ0n) is 17.0. The Morgan fingerprint density at radius 2 is 1.55 bits per heavy atom. The maximum Gasteiger partial charge on any atom is 0.338 e. The number of rotatable bonds is 8. The molecule has 0 amide bonds. The highest BCUT2D eigenvalue weighted by molar-refractivity contribution is 8.00. The van der Waals surface area contributed by atoms with Crippen LogP contribution in [0.5, 0.6) is 11.5 Å². The van der Waals surface area contributed by atoms with E-state index in [2.05, 4.69) is 10.0 Å². The lowest BCUT2D eigenvalue weighted by atomic mass is 10.1. The minimum Gasteiger partial charge on any atom is -0.497 e. The Balaban J connectivity index is 1.63. The molecule has 1 aliphatic rings. The van der Waals surface area contributed by atoms with Crippen LogP contribution >= 0.6 is 11.8 Å². The van der Waals surface area contributed by atoms with E-state index < -0.39 is 23.4 Å². The molecule has 0 radical (unpaired) electrons. The Labute approximate surface area is 183 Å². The molecule has 3 rings (SSSR count). The van der Waals surface area contributed by atoms with Crippen LogP contribution in [0.3, 0.4) is 0 Å². The monoisotopic (exact) mass is 443 g/mol. The molecule has 1 aliphatic heterocycles. The summed E-state index contributed by atoms with van der Waals surface area (Å²) in [4.78, 5) is 27.7. The van der Waals surface area contributed by atoms with Crippen molar-refractivity contribution < 1.29 is 28.5 Å². The van der Waals surface area contributed by atoms with Gasteiger partial charge in [0.15, 0.2) is 0 Å². The maximum absolute atomic E-state index is 12.5. The second-order valence-electron chi connectivity index (χ2n) is 6.57. The first-order chi connectivity index (χ1) is 15.0. The fourth-order valence-electron chi connectivity index (χ4n) is 3.00. The molecule has 9 nitrogen and oxygen atoms in total. The van der Waals surface area contributed by atoms with Crippen molar-refractivity contribution in [2.24, 2.45) is 5.11 Å². The molecule has 0 saturated carbocycles. The molecule has 0 N–H and O–H groups in total.